The molecule has 0 aliphatic heterocycles. The highest BCUT2D eigenvalue weighted by Crippen LogP contribution is 2.05. The molecule has 0 aliphatic carbocycles. The number of aromatic nitrogens is 1. The zero-order valence-corrected chi connectivity index (χ0v) is 9.62. The second-order valence-electron chi connectivity index (χ2n) is 2.89. The van der Waals surface area contributed by atoms with Crippen LogP contribution in [0.2, 0.25) is 0 Å². The fourth-order valence-corrected chi connectivity index (χ4v) is 1.22. The van der Waals surface area contributed by atoms with E-state index in [2.05, 4.69) is 26.2 Å². The summed E-state index contributed by atoms with van der Waals surface area (Å²) >= 11 is 3.19. The maximum Gasteiger partial charge on any atom is 0.252 e. The molecule has 5 heteroatoms. The van der Waals surface area contributed by atoms with E-state index < -0.39 is 0 Å². The summed E-state index contributed by atoms with van der Waals surface area (Å²) < 4.78 is 0.698. The number of nitrogens with zero attached hydrogens (tertiary/aromatic N) is 2. The molecule has 1 heterocycles. The molecular weight excluding hydrogens is 258 g/mol. The van der Waals surface area contributed by atoms with Gasteiger partial charge in [-0.25, -0.2) is 4.98 Å². The van der Waals surface area contributed by atoms with Crippen molar-refractivity contribution in [2.24, 2.45) is 0 Å². The van der Waals surface area contributed by atoms with Gasteiger partial charge in [0.05, 0.1) is 11.6 Å². The summed E-state index contributed by atoms with van der Waals surface area (Å²) in [4.78, 5) is 15.4. The molecule has 0 spiro atoms. The number of hydrogen-bond donors (Lipinski definition) is 1. The van der Waals surface area contributed by atoms with Crippen molar-refractivity contribution in [3.63, 3.8) is 0 Å². The lowest BCUT2D eigenvalue weighted by Gasteiger charge is -2.02. The molecule has 1 amide bonds. The first-order chi connectivity index (χ1) is 7.24. The molecule has 4 nitrogen and oxygen atoms in total. The summed E-state index contributed by atoms with van der Waals surface area (Å²) in [7, 11) is 0. The van der Waals surface area contributed by atoms with E-state index in [0.717, 1.165) is 0 Å². The number of hydrogen-bond acceptors (Lipinski definition) is 3. The van der Waals surface area contributed by atoms with Crippen molar-refractivity contribution in [2.45, 2.75) is 12.8 Å². The van der Waals surface area contributed by atoms with Crippen molar-refractivity contribution in [1.82, 2.24) is 10.3 Å². The highest BCUT2D eigenvalue weighted by atomic mass is 79.9. The van der Waals surface area contributed by atoms with E-state index in [9.17, 15) is 4.79 Å². The van der Waals surface area contributed by atoms with E-state index in [1.807, 2.05) is 6.07 Å². The molecule has 0 atom stereocenters. The van der Waals surface area contributed by atoms with Crippen molar-refractivity contribution in [3.8, 4) is 6.07 Å². The minimum absolute atomic E-state index is 0.159. The molecule has 1 aromatic heterocycles. The molecule has 1 rings (SSSR count). The van der Waals surface area contributed by atoms with E-state index in [1.54, 1.807) is 12.1 Å². The summed E-state index contributed by atoms with van der Waals surface area (Å²) in [6.45, 7) is 0.516. The summed E-state index contributed by atoms with van der Waals surface area (Å²) in [5.74, 6) is -0.159. The van der Waals surface area contributed by atoms with Crippen LogP contribution in [0.4, 0.5) is 0 Å². The van der Waals surface area contributed by atoms with Crippen LogP contribution in [0.3, 0.4) is 0 Å². The van der Waals surface area contributed by atoms with Gasteiger partial charge in [-0.05, 0) is 34.5 Å². The molecule has 78 valence electrons. The first-order valence-electron chi connectivity index (χ1n) is 4.50. The number of halogens is 1. The third kappa shape index (κ3) is 4.09. The van der Waals surface area contributed by atoms with Crippen molar-refractivity contribution >= 4 is 21.8 Å². The second-order valence-corrected chi connectivity index (χ2v) is 3.70. The topological polar surface area (TPSA) is 65.8 Å². The van der Waals surface area contributed by atoms with Crippen LogP contribution in [0.15, 0.2) is 22.9 Å². The summed E-state index contributed by atoms with van der Waals surface area (Å²) in [6.07, 6.45) is 2.63. The van der Waals surface area contributed by atoms with Gasteiger partial charge in [-0.1, -0.05) is 0 Å². The predicted molar refractivity (Wildman–Crippen MR) is 59.1 cm³/mol. The molecule has 0 aliphatic rings. The number of carbonyl (C=O) groups is 1. The maximum atomic E-state index is 11.5. The lowest BCUT2D eigenvalue weighted by atomic mass is 10.2. The highest BCUT2D eigenvalue weighted by molar-refractivity contribution is 9.10. The number of pyridine rings is 1. The van der Waals surface area contributed by atoms with Gasteiger partial charge in [-0.3, -0.25) is 4.79 Å². The number of nitriles is 1. The molecule has 1 aromatic rings. The number of rotatable bonds is 4. The van der Waals surface area contributed by atoms with Gasteiger partial charge in [-0.2, -0.15) is 5.26 Å². The third-order valence-corrected chi connectivity index (χ3v) is 2.21. The van der Waals surface area contributed by atoms with Crippen LogP contribution in [-0.2, 0) is 0 Å². The quantitative estimate of drug-likeness (QED) is 0.669. The van der Waals surface area contributed by atoms with Gasteiger partial charge in [0.1, 0.15) is 4.60 Å². The molecular formula is C10H10BrN3O. The van der Waals surface area contributed by atoms with Crippen LogP contribution in [0.25, 0.3) is 0 Å². The molecule has 0 bridgehead atoms. The normalized spacial score (nSPS) is 9.33. The second kappa shape index (κ2) is 6.14. The standard InChI is InChI=1S/C10H10BrN3O/c11-9-4-3-8(7-14-9)10(15)13-6-2-1-5-12/h3-4,7H,1-2,6H2,(H,13,15). The zero-order chi connectivity index (χ0) is 11.1. The van der Waals surface area contributed by atoms with E-state index in [1.165, 1.54) is 6.20 Å². The van der Waals surface area contributed by atoms with Crippen molar-refractivity contribution in [2.75, 3.05) is 6.54 Å². The monoisotopic (exact) mass is 267 g/mol. The van der Waals surface area contributed by atoms with Crippen LogP contribution in [-0.4, -0.2) is 17.4 Å². The van der Waals surface area contributed by atoms with Gasteiger partial charge in [0, 0.05) is 19.2 Å². The van der Waals surface area contributed by atoms with Crippen molar-refractivity contribution in [1.29, 1.82) is 5.26 Å². The van der Waals surface area contributed by atoms with E-state index >= 15 is 0 Å². The number of carbonyl (C=O) groups excluding carboxylic acids is 1. The molecule has 0 fully saturated rings. The summed E-state index contributed by atoms with van der Waals surface area (Å²) in [6, 6.07) is 5.42. The van der Waals surface area contributed by atoms with Gasteiger partial charge in [0.15, 0.2) is 0 Å². The Kier molecular flexibility index (Phi) is 4.78. The van der Waals surface area contributed by atoms with E-state index in [-0.39, 0.29) is 5.91 Å². The predicted octanol–water partition coefficient (Wildman–Crippen LogP) is 1.88. The SMILES string of the molecule is N#CCCCNC(=O)c1ccc(Br)nc1. The van der Waals surface area contributed by atoms with E-state index in [4.69, 9.17) is 5.26 Å². The highest BCUT2D eigenvalue weighted by Gasteiger charge is 2.04. The third-order valence-electron chi connectivity index (χ3n) is 1.74. The largest absolute Gasteiger partial charge is 0.352 e. The van der Waals surface area contributed by atoms with Gasteiger partial charge >= 0.3 is 0 Å². The van der Waals surface area contributed by atoms with Crippen molar-refractivity contribution in [3.05, 3.63) is 28.5 Å². The van der Waals surface area contributed by atoms with Crippen LogP contribution in [0.5, 0.6) is 0 Å². The average molecular weight is 268 g/mol. The first-order valence-corrected chi connectivity index (χ1v) is 5.30. The van der Waals surface area contributed by atoms with Crippen LogP contribution in [0.1, 0.15) is 23.2 Å². The average Bonchev–Trinajstić information content (AvgIpc) is 2.25. The van der Waals surface area contributed by atoms with Crippen LogP contribution < -0.4 is 5.32 Å². The molecule has 0 saturated heterocycles. The summed E-state index contributed by atoms with van der Waals surface area (Å²) in [5.41, 5.74) is 0.523. The summed E-state index contributed by atoms with van der Waals surface area (Å²) in [5, 5.41) is 11.0. The van der Waals surface area contributed by atoms with Crippen molar-refractivity contribution < 1.29 is 4.79 Å². The molecule has 15 heavy (non-hydrogen) atoms. The lowest BCUT2D eigenvalue weighted by Crippen LogP contribution is -2.24. The number of nitrogens with one attached hydrogen (secondary N) is 1. The Hall–Kier alpha value is -1.41. The molecule has 0 unspecified atom stereocenters. The van der Waals surface area contributed by atoms with Gasteiger partial charge < -0.3 is 5.32 Å². The Balaban J connectivity index is 2.41. The Morgan fingerprint density at radius 1 is 1.60 bits per heavy atom. The fourth-order valence-electron chi connectivity index (χ4n) is 0.982. The number of unbranched alkanes of at least 4 members (excludes halogenated alkanes) is 1. The lowest BCUT2D eigenvalue weighted by molar-refractivity contribution is 0.0953. The molecule has 1 N–H and O–H groups in total. The molecule has 0 aromatic carbocycles. The Bertz CT molecular complexity index is 369. The number of amides is 1. The molecule has 0 saturated carbocycles. The van der Waals surface area contributed by atoms with Gasteiger partial charge in [-0.15, -0.1) is 0 Å². The Morgan fingerprint density at radius 2 is 2.40 bits per heavy atom. The maximum absolute atomic E-state index is 11.5. The van der Waals surface area contributed by atoms with Gasteiger partial charge in [0.2, 0.25) is 0 Å². The fraction of sp³-hybridized carbons (Fsp3) is 0.300. The zero-order valence-electron chi connectivity index (χ0n) is 8.03. The van der Waals surface area contributed by atoms with Crippen LogP contribution >= 0.6 is 15.9 Å². The Morgan fingerprint density at radius 3 is 3.00 bits per heavy atom. The minimum Gasteiger partial charge on any atom is -0.352 e. The smallest absolute Gasteiger partial charge is 0.252 e. The van der Waals surface area contributed by atoms with Crippen LogP contribution in [0, 0.1) is 11.3 Å². The minimum atomic E-state index is -0.159. The van der Waals surface area contributed by atoms with E-state index in [0.29, 0.717) is 29.6 Å². The first kappa shape index (κ1) is 11.7. The Labute approximate surface area is 96.4 Å². The van der Waals surface area contributed by atoms with Gasteiger partial charge in [0.25, 0.3) is 5.91 Å². The molecule has 0 radical (unpaired) electrons.